The van der Waals surface area contributed by atoms with Gasteiger partial charge in [-0.25, -0.2) is 4.79 Å². The predicted molar refractivity (Wildman–Crippen MR) is 107 cm³/mol. The number of ketones is 1. The molecule has 0 heterocycles. The first-order chi connectivity index (χ1) is 13.8. The van der Waals surface area contributed by atoms with Gasteiger partial charge in [-0.2, -0.15) is 0 Å². The summed E-state index contributed by atoms with van der Waals surface area (Å²) in [6, 6.07) is 6.36. The van der Waals surface area contributed by atoms with Crippen LogP contribution in [-0.4, -0.2) is 24.2 Å². The summed E-state index contributed by atoms with van der Waals surface area (Å²) in [7, 11) is 1.69. The minimum atomic E-state index is -1.35. The zero-order chi connectivity index (χ0) is 20.6. The Bertz CT molecular complexity index is 991. The van der Waals surface area contributed by atoms with Crippen molar-refractivity contribution in [2.24, 2.45) is 22.2 Å². The summed E-state index contributed by atoms with van der Waals surface area (Å²) in [6.07, 6.45) is 8.53. The third kappa shape index (κ3) is 2.01. The Hall–Kier alpha value is -2.56. The second-order valence-corrected chi connectivity index (χ2v) is 9.19. The number of rotatable bonds is 3. The number of allylic oxidation sites excluding steroid dienone is 3. The van der Waals surface area contributed by atoms with Gasteiger partial charge in [-0.15, -0.1) is 0 Å². The average Bonchev–Trinajstić information content (AvgIpc) is 3.08. The number of hydrogen-bond acceptors (Lipinski definition) is 4. The van der Waals surface area contributed by atoms with Gasteiger partial charge in [0.2, 0.25) is 0 Å². The Balaban J connectivity index is 1.64. The molecule has 29 heavy (non-hydrogen) atoms. The molecule has 4 aliphatic carbocycles. The number of carbonyl (C=O) groups is 2. The summed E-state index contributed by atoms with van der Waals surface area (Å²) in [6.45, 7) is 3.72. The third-order valence-electron chi connectivity index (χ3n) is 8.48. The molecule has 0 saturated heterocycles. The van der Waals surface area contributed by atoms with E-state index in [2.05, 4.69) is 25.1 Å². The van der Waals surface area contributed by atoms with Crippen molar-refractivity contribution in [2.75, 3.05) is 7.11 Å². The number of benzene rings is 1. The van der Waals surface area contributed by atoms with Crippen LogP contribution in [0, 0.1) is 22.2 Å². The van der Waals surface area contributed by atoms with Crippen LogP contribution in [0.1, 0.15) is 50.2 Å². The summed E-state index contributed by atoms with van der Waals surface area (Å²) < 4.78 is 10.6. The molecule has 5 heteroatoms. The van der Waals surface area contributed by atoms with Crippen molar-refractivity contribution in [3.05, 3.63) is 53.3 Å². The summed E-state index contributed by atoms with van der Waals surface area (Å²) in [5, 5.41) is 9.32. The largest absolute Gasteiger partial charge is 0.511 e. The van der Waals surface area contributed by atoms with Gasteiger partial charge in [0.1, 0.15) is 22.7 Å². The normalized spacial score (nSPS) is 38.5. The van der Waals surface area contributed by atoms with E-state index in [-0.39, 0.29) is 16.6 Å². The topological polar surface area (TPSA) is 72.8 Å². The number of carbonyl (C=O) groups excluding carboxylic acids is 1. The van der Waals surface area contributed by atoms with Crippen LogP contribution >= 0.6 is 0 Å². The Morgan fingerprint density at radius 3 is 2.69 bits per heavy atom. The first-order valence-corrected chi connectivity index (χ1v) is 10.3. The van der Waals surface area contributed by atoms with Gasteiger partial charge in [0, 0.05) is 10.8 Å². The van der Waals surface area contributed by atoms with E-state index in [1.807, 2.05) is 18.2 Å². The average molecular weight is 394 g/mol. The molecular formula is C24H26O5. The third-order valence-corrected chi connectivity index (χ3v) is 8.48. The van der Waals surface area contributed by atoms with Gasteiger partial charge in [-0.3, -0.25) is 4.79 Å². The molecule has 152 valence electrons. The Morgan fingerprint density at radius 2 is 2.00 bits per heavy atom. The first kappa shape index (κ1) is 18.5. The summed E-state index contributed by atoms with van der Waals surface area (Å²) in [5.74, 6) is 1.85. The molecule has 0 spiro atoms. The molecule has 0 aromatic heterocycles. The van der Waals surface area contributed by atoms with E-state index in [1.165, 1.54) is 11.1 Å². The SMILES string of the molecule is COc1ccc2c(c1)CC[C@@H]1[C@@H]2CC[C@@]2(C)C13C=C[C@]2(C(C)=O)C(OC(=O)O)=C3. The minimum Gasteiger partial charge on any atom is -0.497 e. The molecule has 1 aromatic carbocycles. The number of hydrogen-bond donors (Lipinski definition) is 1. The van der Waals surface area contributed by atoms with Crippen molar-refractivity contribution in [3.8, 4) is 5.75 Å². The van der Waals surface area contributed by atoms with E-state index in [4.69, 9.17) is 9.47 Å². The Labute approximate surface area is 170 Å². The van der Waals surface area contributed by atoms with Crippen molar-refractivity contribution in [1.29, 1.82) is 0 Å². The van der Waals surface area contributed by atoms with Crippen LogP contribution in [0.5, 0.6) is 5.75 Å². The highest BCUT2D eigenvalue weighted by Crippen LogP contribution is 2.77. The quantitative estimate of drug-likeness (QED) is 0.585. The van der Waals surface area contributed by atoms with Crippen LogP contribution in [0.4, 0.5) is 4.79 Å². The lowest BCUT2D eigenvalue weighted by molar-refractivity contribution is -0.133. The molecule has 5 atom stereocenters. The molecular weight excluding hydrogens is 368 g/mol. The number of fused-ring (bicyclic) bond motifs is 3. The molecule has 1 N–H and O–H groups in total. The van der Waals surface area contributed by atoms with Crippen LogP contribution in [0.2, 0.25) is 0 Å². The van der Waals surface area contributed by atoms with Gasteiger partial charge in [0.25, 0.3) is 0 Å². The molecule has 5 nitrogen and oxygen atoms in total. The smallest absolute Gasteiger partial charge is 0.497 e. The van der Waals surface area contributed by atoms with E-state index >= 15 is 0 Å². The Morgan fingerprint density at radius 1 is 1.21 bits per heavy atom. The standard InChI is InChI=1S/C24H26O5/c1-14(25)24-11-10-23(13-20(24)29-21(26)27)19-7-4-15-12-16(28-3)5-6-17(15)18(19)8-9-22(23,24)2/h5-6,10-13,18-19H,4,7-9H2,1-3H3,(H,26,27)/t18-,19-,22+,23?,24+/m1/s1. The van der Waals surface area contributed by atoms with Gasteiger partial charge in [-0.1, -0.05) is 25.1 Å². The molecule has 4 aliphatic rings. The van der Waals surface area contributed by atoms with Crippen molar-refractivity contribution in [3.63, 3.8) is 0 Å². The van der Waals surface area contributed by atoms with Gasteiger partial charge >= 0.3 is 6.16 Å². The molecule has 1 saturated carbocycles. The fourth-order valence-corrected chi connectivity index (χ4v) is 7.19. The number of carboxylic acid groups (broad SMARTS) is 1. The first-order valence-electron chi connectivity index (χ1n) is 10.3. The highest BCUT2D eigenvalue weighted by molar-refractivity contribution is 5.92. The molecule has 1 aromatic rings. The lowest BCUT2D eigenvalue weighted by Crippen LogP contribution is -2.53. The Kier molecular flexibility index (Phi) is 3.66. The van der Waals surface area contributed by atoms with Crippen molar-refractivity contribution < 1.29 is 24.2 Å². The van der Waals surface area contributed by atoms with Crippen LogP contribution in [0.25, 0.3) is 0 Å². The molecule has 1 unspecified atom stereocenters. The van der Waals surface area contributed by atoms with Crippen LogP contribution in [-0.2, 0) is 16.0 Å². The molecule has 1 fully saturated rings. The van der Waals surface area contributed by atoms with Crippen LogP contribution in [0.15, 0.2) is 42.2 Å². The highest BCUT2D eigenvalue weighted by atomic mass is 16.7. The van der Waals surface area contributed by atoms with Crippen molar-refractivity contribution in [1.82, 2.24) is 0 Å². The summed E-state index contributed by atoms with van der Waals surface area (Å²) in [5.41, 5.74) is 0.991. The van der Waals surface area contributed by atoms with E-state index in [0.717, 1.165) is 31.4 Å². The molecule has 0 radical (unpaired) electrons. The zero-order valence-corrected chi connectivity index (χ0v) is 17.0. The van der Waals surface area contributed by atoms with Gasteiger partial charge in [0.05, 0.1) is 7.11 Å². The predicted octanol–water partition coefficient (Wildman–Crippen LogP) is 4.87. The second-order valence-electron chi connectivity index (χ2n) is 9.19. The van der Waals surface area contributed by atoms with Gasteiger partial charge < -0.3 is 14.6 Å². The monoisotopic (exact) mass is 394 g/mol. The fraction of sp³-hybridized carbons (Fsp3) is 0.500. The maximum Gasteiger partial charge on any atom is 0.511 e. The molecule has 5 rings (SSSR count). The van der Waals surface area contributed by atoms with E-state index in [1.54, 1.807) is 14.0 Å². The van der Waals surface area contributed by atoms with E-state index in [0.29, 0.717) is 17.6 Å². The van der Waals surface area contributed by atoms with Gasteiger partial charge in [-0.05, 0) is 73.8 Å². The summed E-state index contributed by atoms with van der Waals surface area (Å²) in [4.78, 5) is 24.3. The van der Waals surface area contributed by atoms with E-state index < -0.39 is 11.6 Å². The van der Waals surface area contributed by atoms with Crippen LogP contribution in [0.3, 0.4) is 0 Å². The zero-order valence-electron chi connectivity index (χ0n) is 17.0. The van der Waals surface area contributed by atoms with E-state index in [9.17, 15) is 14.7 Å². The van der Waals surface area contributed by atoms with Crippen molar-refractivity contribution in [2.45, 2.75) is 45.4 Å². The molecule has 2 bridgehead atoms. The van der Waals surface area contributed by atoms with Crippen molar-refractivity contribution >= 4 is 11.9 Å². The molecule has 0 amide bonds. The lowest BCUT2D eigenvalue weighted by atomic mass is 9.46. The lowest BCUT2D eigenvalue weighted by Gasteiger charge is -2.56. The number of Topliss-reactive ketones (excluding diaryl/α,β-unsaturated/α-hetero) is 1. The van der Waals surface area contributed by atoms with Crippen LogP contribution < -0.4 is 4.74 Å². The maximum absolute atomic E-state index is 12.9. The number of aryl methyl sites for hydroxylation is 1. The highest BCUT2D eigenvalue weighted by Gasteiger charge is 2.74. The number of ether oxygens (including phenoxy) is 2. The summed E-state index contributed by atoms with van der Waals surface area (Å²) >= 11 is 0. The molecule has 0 aliphatic heterocycles. The van der Waals surface area contributed by atoms with Gasteiger partial charge in [0.15, 0.2) is 0 Å². The fourth-order valence-electron chi connectivity index (χ4n) is 7.19. The number of methoxy groups -OCH3 is 1. The minimum absolute atomic E-state index is 0.0393. The maximum atomic E-state index is 12.9. The second kappa shape index (κ2) is 5.74.